The Hall–Kier alpha value is -1.23. The molecule has 1 aromatic rings. The molecule has 128 valence electrons. The van der Waals surface area contributed by atoms with Crippen molar-refractivity contribution >= 4 is 27.7 Å². The molecule has 2 N–H and O–H groups in total. The van der Waals surface area contributed by atoms with Crippen LogP contribution >= 0.6 is 15.9 Å². The van der Waals surface area contributed by atoms with Gasteiger partial charge in [-0.15, -0.1) is 0 Å². The smallest absolute Gasteiger partial charge is 0.407 e. The van der Waals surface area contributed by atoms with E-state index in [1.54, 1.807) is 0 Å². The number of alkyl carbamates (subject to hydrolysis) is 1. The van der Waals surface area contributed by atoms with Gasteiger partial charge < -0.3 is 15.4 Å². The first-order valence-electron chi connectivity index (χ1n) is 8.32. The van der Waals surface area contributed by atoms with Crippen molar-refractivity contribution in [2.75, 3.05) is 11.9 Å². The number of carbonyl (C=O) groups excluding carboxylic acids is 1. The van der Waals surface area contributed by atoms with Crippen molar-refractivity contribution in [1.29, 1.82) is 0 Å². The van der Waals surface area contributed by atoms with Gasteiger partial charge in [-0.1, -0.05) is 28.8 Å². The second-order valence-corrected chi connectivity index (χ2v) is 8.10. The number of hydrogen-bond acceptors (Lipinski definition) is 3. The normalized spacial score (nSPS) is 21.6. The van der Waals surface area contributed by atoms with Gasteiger partial charge in [0, 0.05) is 22.7 Å². The molecule has 23 heavy (non-hydrogen) atoms. The van der Waals surface area contributed by atoms with Crippen molar-refractivity contribution in [3.8, 4) is 0 Å². The zero-order chi connectivity index (χ0) is 16.9. The van der Waals surface area contributed by atoms with Crippen LogP contribution in [0.5, 0.6) is 0 Å². The van der Waals surface area contributed by atoms with Crippen LogP contribution in [0.3, 0.4) is 0 Å². The number of carbonyl (C=O) groups is 1. The van der Waals surface area contributed by atoms with Gasteiger partial charge in [-0.25, -0.2) is 4.79 Å². The lowest BCUT2D eigenvalue weighted by molar-refractivity contribution is 0.0514. The highest BCUT2D eigenvalue weighted by Crippen LogP contribution is 2.27. The van der Waals surface area contributed by atoms with E-state index in [9.17, 15) is 4.79 Å². The molecule has 2 unspecified atom stereocenters. The van der Waals surface area contributed by atoms with Crippen LogP contribution in [-0.2, 0) is 4.74 Å². The Morgan fingerprint density at radius 3 is 2.52 bits per heavy atom. The summed E-state index contributed by atoms with van der Waals surface area (Å²) in [7, 11) is 0. The highest BCUT2D eigenvalue weighted by atomic mass is 79.9. The molecule has 1 aliphatic rings. The van der Waals surface area contributed by atoms with E-state index in [0.29, 0.717) is 18.5 Å². The largest absolute Gasteiger partial charge is 0.444 e. The Morgan fingerprint density at radius 1 is 1.22 bits per heavy atom. The predicted molar refractivity (Wildman–Crippen MR) is 97.7 cm³/mol. The van der Waals surface area contributed by atoms with Crippen molar-refractivity contribution in [2.24, 2.45) is 5.92 Å². The third kappa shape index (κ3) is 6.42. The van der Waals surface area contributed by atoms with Gasteiger partial charge in [-0.2, -0.15) is 0 Å². The summed E-state index contributed by atoms with van der Waals surface area (Å²) < 4.78 is 6.40. The summed E-state index contributed by atoms with van der Waals surface area (Å²) in [5.74, 6) is 0.430. The molecule has 0 aliphatic heterocycles. The third-order valence-electron chi connectivity index (χ3n) is 4.01. The van der Waals surface area contributed by atoms with E-state index in [4.69, 9.17) is 4.74 Å². The molecule has 0 saturated heterocycles. The molecule has 1 saturated carbocycles. The molecule has 1 fully saturated rings. The molecule has 1 aliphatic carbocycles. The Kier molecular flexibility index (Phi) is 6.33. The highest BCUT2D eigenvalue weighted by Gasteiger charge is 2.26. The molecule has 0 bridgehead atoms. The first-order valence-corrected chi connectivity index (χ1v) is 9.12. The van der Waals surface area contributed by atoms with Gasteiger partial charge in [0.05, 0.1) is 0 Å². The van der Waals surface area contributed by atoms with E-state index in [2.05, 4.69) is 38.7 Å². The Labute approximate surface area is 147 Å². The zero-order valence-corrected chi connectivity index (χ0v) is 15.8. The van der Waals surface area contributed by atoms with Crippen molar-refractivity contribution in [3.05, 3.63) is 28.7 Å². The van der Waals surface area contributed by atoms with E-state index in [0.717, 1.165) is 23.0 Å². The third-order valence-corrected chi connectivity index (χ3v) is 4.54. The molecule has 1 aromatic carbocycles. The van der Waals surface area contributed by atoms with E-state index in [1.807, 2.05) is 32.9 Å². The Bertz CT molecular complexity index is 511. The van der Waals surface area contributed by atoms with Crippen LogP contribution in [0.2, 0.25) is 0 Å². The predicted octanol–water partition coefficient (Wildman–Crippen LogP) is 4.94. The van der Waals surface area contributed by atoms with Gasteiger partial charge in [0.25, 0.3) is 0 Å². The topological polar surface area (TPSA) is 50.4 Å². The van der Waals surface area contributed by atoms with Crippen molar-refractivity contribution < 1.29 is 9.53 Å². The lowest BCUT2D eigenvalue weighted by atomic mass is 9.84. The molecule has 0 radical (unpaired) electrons. The van der Waals surface area contributed by atoms with Gasteiger partial charge in [0.1, 0.15) is 5.60 Å². The standard InChI is InChI=1S/C18H27BrN2O2/c1-18(2,3)23-17(22)20-12-13-6-4-5-7-16(13)21-15-10-8-14(19)9-11-15/h8-11,13,16,21H,4-7,12H2,1-3H3,(H,20,22). The number of amides is 1. The maximum atomic E-state index is 11.8. The summed E-state index contributed by atoms with van der Waals surface area (Å²) in [5, 5.41) is 6.54. The minimum Gasteiger partial charge on any atom is -0.444 e. The molecule has 0 aromatic heterocycles. The van der Waals surface area contributed by atoms with Gasteiger partial charge in [0.2, 0.25) is 0 Å². The van der Waals surface area contributed by atoms with Gasteiger partial charge in [-0.3, -0.25) is 0 Å². The fourth-order valence-electron chi connectivity index (χ4n) is 2.93. The number of benzene rings is 1. The van der Waals surface area contributed by atoms with Crippen LogP contribution in [0.1, 0.15) is 46.5 Å². The van der Waals surface area contributed by atoms with E-state index >= 15 is 0 Å². The number of anilines is 1. The number of nitrogens with one attached hydrogen (secondary N) is 2. The molecule has 1 amide bonds. The van der Waals surface area contributed by atoms with Crippen LogP contribution in [0.15, 0.2) is 28.7 Å². The first-order chi connectivity index (χ1) is 10.8. The van der Waals surface area contributed by atoms with Crippen LogP contribution in [-0.4, -0.2) is 24.3 Å². The van der Waals surface area contributed by atoms with E-state index in [-0.39, 0.29) is 6.09 Å². The molecule has 2 atom stereocenters. The molecular weight excluding hydrogens is 356 g/mol. The Balaban J connectivity index is 1.88. The minimum atomic E-state index is -0.453. The lowest BCUT2D eigenvalue weighted by Gasteiger charge is -2.33. The second-order valence-electron chi connectivity index (χ2n) is 7.19. The maximum Gasteiger partial charge on any atom is 0.407 e. The quantitative estimate of drug-likeness (QED) is 0.774. The van der Waals surface area contributed by atoms with Crippen LogP contribution in [0.4, 0.5) is 10.5 Å². The summed E-state index contributed by atoms with van der Waals surface area (Å²) in [4.78, 5) is 11.8. The molecule has 4 nitrogen and oxygen atoms in total. The van der Waals surface area contributed by atoms with E-state index < -0.39 is 5.60 Å². The van der Waals surface area contributed by atoms with Crippen LogP contribution < -0.4 is 10.6 Å². The molecule has 2 rings (SSSR count). The molecule has 0 spiro atoms. The average Bonchev–Trinajstić information content (AvgIpc) is 2.47. The minimum absolute atomic E-state index is 0.328. The van der Waals surface area contributed by atoms with Crippen LogP contribution in [0.25, 0.3) is 0 Å². The van der Waals surface area contributed by atoms with Gasteiger partial charge in [-0.05, 0) is 63.8 Å². The molecule has 5 heteroatoms. The molecule has 0 heterocycles. The SMILES string of the molecule is CC(C)(C)OC(=O)NCC1CCCCC1Nc1ccc(Br)cc1. The first kappa shape index (κ1) is 18.1. The maximum absolute atomic E-state index is 11.8. The second kappa shape index (κ2) is 8.04. The van der Waals surface area contributed by atoms with E-state index in [1.165, 1.54) is 12.8 Å². The van der Waals surface area contributed by atoms with Crippen molar-refractivity contribution in [1.82, 2.24) is 5.32 Å². The fourth-order valence-corrected chi connectivity index (χ4v) is 3.20. The average molecular weight is 383 g/mol. The lowest BCUT2D eigenvalue weighted by Crippen LogP contribution is -2.42. The zero-order valence-electron chi connectivity index (χ0n) is 14.2. The fraction of sp³-hybridized carbons (Fsp3) is 0.611. The van der Waals surface area contributed by atoms with Gasteiger partial charge in [0.15, 0.2) is 0 Å². The Morgan fingerprint density at radius 2 is 1.87 bits per heavy atom. The van der Waals surface area contributed by atoms with Gasteiger partial charge >= 0.3 is 6.09 Å². The number of rotatable bonds is 4. The summed E-state index contributed by atoms with van der Waals surface area (Å²) in [6, 6.07) is 8.63. The number of halogens is 1. The summed E-state index contributed by atoms with van der Waals surface area (Å²) in [5.41, 5.74) is 0.675. The van der Waals surface area contributed by atoms with Crippen molar-refractivity contribution in [2.45, 2.75) is 58.1 Å². The summed E-state index contributed by atoms with van der Waals surface area (Å²) >= 11 is 3.46. The number of ether oxygens (including phenoxy) is 1. The summed E-state index contributed by atoms with van der Waals surface area (Å²) in [6.07, 6.45) is 4.39. The number of hydrogen-bond donors (Lipinski definition) is 2. The van der Waals surface area contributed by atoms with Crippen LogP contribution in [0, 0.1) is 5.92 Å². The highest BCUT2D eigenvalue weighted by molar-refractivity contribution is 9.10. The summed E-state index contributed by atoms with van der Waals surface area (Å²) in [6.45, 7) is 6.30. The van der Waals surface area contributed by atoms with Crippen molar-refractivity contribution in [3.63, 3.8) is 0 Å². The molecular formula is C18H27BrN2O2. The monoisotopic (exact) mass is 382 g/mol.